The largest absolute Gasteiger partial charge is 0.482 e. The number of ether oxygens (including phenoxy) is 1. The molecular weight excluding hydrogens is 418 g/mol. The molecule has 2 aromatic carbocycles. The van der Waals surface area contributed by atoms with Gasteiger partial charge in [0.1, 0.15) is 12.3 Å². The lowest BCUT2D eigenvalue weighted by Crippen LogP contribution is -2.46. The average molecular weight is 444 g/mol. The van der Waals surface area contributed by atoms with E-state index in [0.29, 0.717) is 31.1 Å². The van der Waals surface area contributed by atoms with Crippen molar-refractivity contribution in [2.24, 2.45) is 0 Å². The second-order valence-corrected chi connectivity index (χ2v) is 9.35. The Morgan fingerprint density at radius 3 is 2.58 bits per heavy atom. The van der Waals surface area contributed by atoms with E-state index in [1.807, 2.05) is 24.3 Å². The molecule has 2 amide bonds. The van der Waals surface area contributed by atoms with Gasteiger partial charge in [-0.05, 0) is 36.2 Å². The third-order valence-electron chi connectivity index (χ3n) is 5.70. The molecule has 0 unspecified atom stereocenters. The molecule has 0 saturated heterocycles. The van der Waals surface area contributed by atoms with Crippen LogP contribution in [0.5, 0.6) is 5.75 Å². The first-order valence-electron chi connectivity index (χ1n) is 10.3. The molecular formula is C22H25N3O5S. The summed E-state index contributed by atoms with van der Waals surface area (Å²) >= 11 is 0. The third kappa shape index (κ3) is 3.79. The maximum absolute atomic E-state index is 13.1. The standard InChI is InChI=1S/C22H25N3O5S/c1-3-23(4-2)31(28,29)17-9-10-20-19(13-17)25(22(27)15-30-20)14-21(26)24-12-11-16-7-5-6-8-18(16)24/h5-10,13H,3-4,11-12,14-15H2,1-2H3. The molecule has 0 spiro atoms. The Labute approximate surface area is 182 Å². The van der Waals surface area contributed by atoms with E-state index < -0.39 is 10.0 Å². The van der Waals surface area contributed by atoms with Gasteiger partial charge in [0.25, 0.3) is 5.91 Å². The van der Waals surface area contributed by atoms with E-state index in [1.54, 1.807) is 24.8 Å². The number of hydrogen-bond acceptors (Lipinski definition) is 5. The molecule has 0 atom stereocenters. The van der Waals surface area contributed by atoms with Crippen LogP contribution in [0, 0.1) is 0 Å². The summed E-state index contributed by atoms with van der Waals surface area (Å²) in [5.41, 5.74) is 2.24. The molecule has 2 heterocycles. The number of hydrogen-bond donors (Lipinski definition) is 0. The number of benzene rings is 2. The summed E-state index contributed by atoms with van der Waals surface area (Å²) in [4.78, 5) is 28.8. The molecule has 0 N–H and O–H groups in total. The van der Waals surface area contributed by atoms with Crippen molar-refractivity contribution >= 4 is 33.2 Å². The summed E-state index contributed by atoms with van der Waals surface area (Å²) in [5.74, 6) is -0.221. The Balaban J connectivity index is 1.65. The van der Waals surface area contributed by atoms with E-state index in [4.69, 9.17) is 4.74 Å². The SMILES string of the molecule is CCN(CC)S(=O)(=O)c1ccc2c(c1)N(CC(=O)N1CCc3ccccc31)C(=O)CO2. The van der Waals surface area contributed by atoms with Crippen molar-refractivity contribution in [2.75, 3.05) is 42.6 Å². The molecule has 4 rings (SSSR count). The Hall–Kier alpha value is -2.91. The van der Waals surface area contributed by atoms with E-state index >= 15 is 0 Å². The number of sulfonamides is 1. The van der Waals surface area contributed by atoms with Gasteiger partial charge in [-0.2, -0.15) is 4.31 Å². The van der Waals surface area contributed by atoms with Gasteiger partial charge in [-0.15, -0.1) is 0 Å². The number of para-hydroxylation sites is 1. The maximum atomic E-state index is 13.1. The molecule has 0 aliphatic carbocycles. The van der Waals surface area contributed by atoms with Crippen LogP contribution in [-0.2, 0) is 26.0 Å². The van der Waals surface area contributed by atoms with Crippen molar-refractivity contribution in [1.82, 2.24) is 4.31 Å². The topological polar surface area (TPSA) is 87.2 Å². The van der Waals surface area contributed by atoms with Crippen molar-refractivity contribution in [3.05, 3.63) is 48.0 Å². The first-order valence-corrected chi connectivity index (χ1v) is 11.8. The molecule has 2 aliphatic rings. The summed E-state index contributed by atoms with van der Waals surface area (Å²) in [6, 6.07) is 12.1. The number of carbonyl (C=O) groups excluding carboxylic acids is 2. The van der Waals surface area contributed by atoms with Crippen LogP contribution in [0.4, 0.5) is 11.4 Å². The van der Waals surface area contributed by atoms with Gasteiger partial charge in [0, 0.05) is 25.3 Å². The van der Waals surface area contributed by atoms with Crippen molar-refractivity contribution < 1.29 is 22.7 Å². The van der Waals surface area contributed by atoms with Crippen LogP contribution in [0.1, 0.15) is 19.4 Å². The third-order valence-corrected chi connectivity index (χ3v) is 7.74. The first-order chi connectivity index (χ1) is 14.9. The van der Waals surface area contributed by atoms with Crippen molar-refractivity contribution in [3.8, 4) is 5.75 Å². The van der Waals surface area contributed by atoms with Gasteiger partial charge in [-0.1, -0.05) is 32.0 Å². The van der Waals surface area contributed by atoms with Crippen LogP contribution >= 0.6 is 0 Å². The summed E-state index contributed by atoms with van der Waals surface area (Å²) < 4.78 is 32.7. The smallest absolute Gasteiger partial charge is 0.265 e. The van der Waals surface area contributed by atoms with Gasteiger partial charge < -0.3 is 9.64 Å². The van der Waals surface area contributed by atoms with Gasteiger partial charge >= 0.3 is 0 Å². The molecule has 0 fully saturated rings. The number of anilines is 2. The highest BCUT2D eigenvalue weighted by Gasteiger charge is 2.33. The number of rotatable bonds is 6. The zero-order valence-corrected chi connectivity index (χ0v) is 18.4. The van der Waals surface area contributed by atoms with Crippen LogP contribution in [0.15, 0.2) is 47.4 Å². The molecule has 0 saturated carbocycles. The van der Waals surface area contributed by atoms with Gasteiger partial charge in [0.2, 0.25) is 15.9 Å². The fourth-order valence-electron chi connectivity index (χ4n) is 4.05. The predicted molar refractivity (Wildman–Crippen MR) is 117 cm³/mol. The summed E-state index contributed by atoms with van der Waals surface area (Å²) in [7, 11) is -3.72. The van der Waals surface area contributed by atoms with Gasteiger partial charge in [0.15, 0.2) is 6.61 Å². The second kappa shape index (κ2) is 8.32. The minimum absolute atomic E-state index is 0.0669. The van der Waals surface area contributed by atoms with Crippen LogP contribution in [0.3, 0.4) is 0 Å². The number of carbonyl (C=O) groups is 2. The lowest BCUT2D eigenvalue weighted by molar-refractivity contribution is -0.124. The summed E-state index contributed by atoms with van der Waals surface area (Å²) in [6.45, 7) is 4.39. The van der Waals surface area contributed by atoms with E-state index in [0.717, 1.165) is 17.7 Å². The van der Waals surface area contributed by atoms with Gasteiger partial charge in [-0.3, -0.25) is 14.5 Å². The highest BCUT2D eigenvalue weighted by molar-refractivity contribution is 7.89. The van der Waals surface area contributed by atoms with Crippen molar-refractivity contribution in [3.63, 3.8) is 0 Å². The summed E-state index contributed by atoms with van der Waals surface area (Å²) in [5, 5.41) is 0. The quantitative estimate of drug-likeness (QED) is 0.682. The average Bonchev–Trinajstić information content (AvgIpc) is 3.20. The van der Waals surface area contributed by atoms with Gasteiger partial charge in [-0.25, -0.2) is 8.42 Å². The minimum Gasteiger partial charge on any atom is -0.482 e. The second-order valence-electron chi connectivity index (χ2n) is 7.41. The lowest BCUT2D eigenvalue weighted by Gasteiger charge is -2.31. The maximum Gasteiger partial charge on any atom is 0.265 e. The molecule has 8 nitrogen and oxygen atoms in total. The fourth-order valence-corrected chi connectivity index (χ4v) is 5.52. The predicted octanol–water partition coefficient (Wildman–Crippen LogP) is 2.03. The molecule has 2 aliphatic heterocycles. The molecule has 0 aromatic heterocycles. The number of fused-ring (bicyclic) bond motifs is 2. The Kier molecular flexibility index (Phi) is 5.72. The molecule has 31 heavy (non-hydrogen) atoms. The zero-order chi connectivity index (χ0) is 22.2. The minimum atomic E-state index is -3.72. The molecule has 2 aromatic rings. The molecule has 0 radical (unpaired) electrons. The van der Waals surface area contributed by atoms with E-state index in [-0.39, 0.29) is 29.9 Å². The zero-order valence-electron chi connectivity index (χ0n) is 17.6. The first kappa shape index (κ1) is 21.3. The Bertz CT molecular complexity index is 1130. The highest BCUT2D eigenvalue weighted by atomic mass is 32.2. The highest BCUT2D eigenvalue weighted by Crippen LogP contribution is 2.35. The molecule has 0 bridgehead atoms. The Morgan fingerprint density at radius 2 is 1.84 bits per heavy atom. The fraction of sp³-hybridized carbons (Fsp3) is 0.364. The lowest BCUT2D eigenvalue weighted by atomic mass is 10.2. The molecule has 9 heteroatoms. The van der Waals surface area contributed by atoms with Crippen LogP contribution in [0.2, 0.25) is 0 Å². The van der Waals surface area contributed by atoms with Crippen molar-refractivity contribution in [2.45, 2.75) is 25.2 Å². The van der Waals surface area contributed by atoms with E-state index in [1.165, 1.54) is 21.3 Å². The van der Waals surface area contributed by atoms with Crippen LogP contribution in [-0.4, -0.2) is 57.3 Å². The normalized spacial score (nSPS) is 15.6. The monoisotopic (exact) mass is 443 g/mol. The summed E-state index contributed by atoms with van der Waals surface area (Å²) in [6.07, 6.45) is 0.766. The number of nitrogens with zero attached hydrogens (tertiary/aromatic N) is 3. The van der Waals surface area contributed by atoms with Gasteiger partial charge in [0.05, 0.1) is 10.6 Å². The number of amides is 2. The van der Waals surface area contributed by atoms with Crippen LogP contribution in [0.25, 0.3) is 0 Å². The molecule has 164 valence electrons. The van der Waals surface area contributed by atoms with E-state index in [9.17, 15) is 18.0 Å². The van der Waals surface area contributed by atoms with E-state index in [2.05, 4.69) is 0 Å². The van der Waals surface area contributed by atoms with Crippen molar-refractivity contribution in [1.29, 1.82) is 0 Å². The van der Waals surface area contributed by atoms with Crippen LogP contribution < -0.4 is 14.5 Å². The Morgan fingerprint density at radius 1 is 1.10 bits per heavy atom.